The third kappa shape index (κ3) is 2.65. The number of nitriles is 1. The van der Waals surface area contributed by atoms with Crippen molar-refractivity contribution < 1.29 is 18.3 Å². The molecule has 1 rings (SSSR count). The lowest BCUT2D eigenvalue weighted by Gasteiger charge is -2.08. The van der Waals surface area contributed by atoms with Crippen LogP contribution in [0.25, 0.3) is 0 Å². The Morgan fingerprint density at radius 1 is 1.53 bits per heavy atom. The Morgan fingerprint density at radius 2 is 2.12 bits per heavy atom. The molecule has 0 amide bonds. The van der Waals surface area contributed by atoms with Gasteiger partial charge in [-0.25, -0.2) is 13.2 Å². The molecule has 0 bridgehead atoms. The second-order valence-corrected chi connectivity index (χ2v) is 6.36. The topological polar surface area (TPSA) is 95.2 Å². The van der Waals surface area contributed by atoms with Gasteiger partial charge in [-0.2, -0.15) is 5.26 Å². The highest BCUT2D eigenvalue weighted by Crippen LogP contribution is 2.26. The molecule has 0 aliphatic heterocycles. The number of rotatable bonds is 3. The van der Waals surface area contributed by atoms with Crippen LogP contribution >= 0.6 is 15.9 Å². The summed E-state index contributed by atoms with van der Waals surface area (Å²) >= 11 is 3.03. The van der Waals surface area contributed by atoms with E-state index in [0.717, 1.165) is 6.07 Å². The van der Waals surface area contributed by atoms with Crippen LogP contribution in [0.2, 0.25) is 0 Å². The highest BCUT2D eigenvalue weighted by molar-refractivity contribution is 9.10. The first kappa shape index (κ1) is 13.7. The van der Waals surface area contributed by atoms with Crippen LogP contribution in [0.5, 0.6) is 0 Å². The fourth-order valence-corrected chi connectivity index (χ4v) is 3.19. The molecule has 5 nitrogen and oxygen atoms in total. The molecular weight excluding hydrogens is 310 g/mol. The molecule has 1 aromatic carbocycles. The third-order valence-corrected chi connectivity index (χ3v) is 5.07. The number of carboxylic acids is 1. The van der Waals surface area contributed by atoms with Gasteiger partial charge in [-0.3, -0.25) is 0 Å². The first-order valence-electron chi connectivity index (χ1n) is 4.47. The average molecular weight is 318 g/mol. The highest BCUT2D eigenvalue weighted by Gasteiger charge is 2.26. The van der Waals surface area contributed by atoms with Crippen LogP contribution in [0.4, 0.5) is 0 Å². The molecule has 0 aliphatic carbocycles. The number of hydrogen-bond donors (Lipinski definition) is 1. The fourth-order valence-electron chi connectivity index (χ4n) is 1.11. The van der Waals surface area contributed by atoms with E-state index in [9.17, 15) is 13.2 Å². The number of nitrogens with zero attached hydrogens (tertiary/aromatic N) is 1. The van der Waals surface area contributed by atoms with Crippen molar-refractivity contribution in [2.75, 3.05) is 0 Å². The van der Waals surface area contributed by atoms with Crippen molar-refractivity contribution in [1.82, 2.24) is 0 Å². The SMILES string of the molecule is CC(C#N)S(=O)(=O)c1cc(C(=O)O)ccc1Br. The summed E-state index contributed by atoms with van der Waals surface area (Å²) in [5, 5.41) is 16.2. The second-order valence-electron chi connectivity index (χ2n) is 3.27. The van der Waals surface area contributed by atoms with Crippen LogP contribution in [0, 0.1) is 11.3 Å². The van der Waals surface area contributed by atoms with Crippen LogP contribution < -0.4 is 0 Å². The number of aromatic carboxylic acids is 1. The number of sulfone groups is 1. The maximum Gasteiger partial charge on any atom is 0.335 e. The van der Waals surface area contributed by atoms with E-state index in [2.05, 4.69) is 15.9 Å². The van der Waals surface area contributed by atoms with Crippen molar-refractivity contribution in [2.45, 2.75) is 17.1 Å². The van der Waals surface area contributed by atoms with Gasteiger partial charge >= 0.3 is 5.97 Å². The van der Waals surface area contributed by atoms with Gasteiger partial charge in [0.1, 0.15) is 5.25 Å². The molecule has 7 heteroatoms. The second kappa shape index (κ2) is 4.85. The van der Waals surface area contributed by atoms with E-state index in [-0.39, 0.29) is 14.9 Å². The zero-order chi connectivity index (χ0) is 13.2. The monoisotopic (exact) mass is 317 g/mol. The van der Waals surface area contributed by atoms with Crippen LogP contribution in [-0.2, 0) is 9.84 Å². The molecule has 1 N–H and O–H groups in total. The largest absolute Gasteiger partial charge is 0.478 e. The number of halogens is 1. The lowest BCUT2D eigenvalue weighted by molar-refractivity contribution is 0.0696. The predicted octanol–water partition coefficient (Wildman–Crippen LogP) is 1.83. The van der Waals surface area contributed by atoms with Crippen molar-refractivity contribution in [3.8, 4) is 6.07 Å². The molecular formula is C10H8BrNO4S. The Kier molecular flexibility index (Phi) is 3.91. The Labute approximate surface area is 107 Å². The zero-order valence-electron chi connectivity index (χ0n) is 8.71. The highest BCUT2D eigenvalue weighted by atomic mass is 79.9. The van der Waals surface area contributed by atoms with E-state index in [1.807, 2.05) is 0 Å². The van der Waals surface area contributed by atoms with E-state index in [0.29, 0.717) is 0 Å². The normalized spacial score (nSPS) is 12.8. The maximum atomic E-state index is 11.9. The Hall–Kier alpha value is -1.39. The lowest BCUT2D eigenvalue weighted by Crippen LogP contribution is -2.17. The van der Waals surface area contributed by atoms with Crippen molar-refractivity contribution in [2.24, 2.45) is 0 Å². The van der Waals surface area contributed by atoms with Gasteiger partial charge in [0.25, 0.3) is 0 Å². The van der Waals surface area contributed by atoms with Gasteiger partial charge < -0.3 is 5.11 Å². The van der Waals surface area contributed by atoms with E-state index in [1.165, 1.54) is 19.1 Å². The smallest absolute Gasteiger partial charge is 0.335 e. The third-order valence-electron chi connectivity index (χ3n) is 2.13. The molecule has 90 valence electrons. The van der Waals surface area contributed by atoms with Gasteiger partial charge in [-0.15, -0.1) is 0 Å². The molecule has 1 aromatic rings. The molecule has 0 saturated heterocycles. The molecule has 17 heavy (non-hydrogen) atoms. The summed E-state index contributed by atoms with van der Waals surface area (Å²) in [6, 6.07) is 5.27. The van der Waals surface area contributed by atoms with Crippen molar-refractivity contribution in [3.63, 3.8) is 0 Å². The minimum Gasteiger partial charge on any atom is -0.478 e. The van der Waals surface area contributed by atoms with Crippen molar-refractivity contribution in [1.29, 1.82) is 5.26 Å². The number of hydrogen-bond acceptors (Lipinski definition) is 4. The van der Waals surface area contributed by atoms with Gasteiger partial charge in [0.15, 0.2) is 9.84 Å². The Morgan fingerprint density at radius 3 is 2.59 bits per heavy atom. The van der Waals surface area contributed by atoms with Crippen molar-refractivity contribution in [3.05, 3.63) is 28.2 Å². The fraction of sp³-hybridized carbons (Fsp3) is 0.200. The predicted molar refractivity (Wildman–Crippen MR) is 63.4 cm³/mol. The summed E-state index contributed by atoms with van der Waals surface area (Å²) in [7, 11) is -3.85. The van der Waals surface area contributed by atoms with Gasteiger partial charge in [0.05, 0.1) is 16.5 Å². The molecule has 1 unspecified atom stereocenters. The Balaban J connectivity index is 3.47. The van der Waals surface area contributed by atoms with Crippen LogP contribution in [0.15, 0.2) is 27.6 Å². The molecule has 0 heterocycles. The quantitative estimate of drug-likeness (QED) is 0.917. The zero-order valence-corrected chi connectivity index (χ0v) is 11.1. The molecule has 0 aromatic heterocycles. The summed E-state index contributed by atoms with van der Waals surface area (Å²) < 4.78 is 24.1. The maximum absolute atomic E-state index is 11.9. The van der Waals surface area contributed by atoms with Crippen LogP contribution in [0.1, 0.15) is 17.3 Å². The van der Waals surface area contributed by atoms with Gasteiger partial charge in [0, 0.05) is 4.47 Å². The summed E-state index contributed by atoms with van der Waals surface area (Å²) in [6.45, 7) is 1.25. The van der Waals surface area contributed by atoms with Gasteiger partial charge in [-0.05, 0) is 41.1 Å². The number of carbonyl (C=O) groups is 1. The first-order valence-corrected chi connectivity index (χ1v) is 6.81. The summed E-state index contributed by atoms with van der Waals surface area (Å²) in [4.78, 5) is 10.6. The molecule has 0 aliphatic rings. The molecule has 1 atom stereocenters. The van der Waals surface area contributed by atoms with Crippen molar-refractivity contribution >= 4 is 31.7 Å². The minimum atomic E-state index is -3.85. The van der Waals surface area contributed by atoms with E-state index >= 15 is 0 Å². The molecule has 0 spiro atoms. The average Bonchev–Trinajstić information content (AvgIpc) is 2.27. The Bertz CT molecular complexity index is 603. The van der Waals surface area contributed by atoms with E-state index in [1.54, 1.807) is 6.07 Å². The molecule has 0 saturated carbocycles. The summed E-state index contributed by atoms with van der Waals surface area (Å²) in [5.74, 6) is -1.22. The number of benzene rings is 1. The number of carboxylic acid groups (broad SMARTS) is 1. The molecule has 0 fully saturated rings. The molecule has 0 radical (unpaired) electrons. The van der Waals surface area contributed by atoms with Gasteiger partial charge in [-0.1, -0.05) is 0 Å². The minimum absolute atomic E-state index is 0.142. The summed E-state index contributed by atoms with van der Waals surface area (Å²) in [5.41, 5.74) is -0.142. The first-order chi connectivity index (χ1) is 7.80. The van der Waals surface area contributed by atoms with E-state index in [4.69, 9.17) is 10.4 Å². The van der Waals surface area contributed by atoms with Gasteiger partial charge in [0.2, 0.25) is 0 Å². The van der Waals surface area contributed by atoms with Crippen LogP contribution in [-0.4, -0.2) is 24.7 Å². The summed E-state index contributed by atoms with van der Waals surface area (Å²) in [6.07, 6.45) is 0. The standard InChI is InChI=1S/C10H8BrNO4S/c1-6(5-12)17(15,16)9-4-7(10(13)14)2-3-8(9)11/h2-4,6H,1H3,(H,13,14). The van der Waals surface area contributed by atoms with Crippen LogP contribution in [0.3, 0.4) is 0 Å². The lowest BCUT2D eigenvalue weighted by atomic mass is 10.2. The van der Waals surface area contributed by atoms with E-state index < -0.39 is 21.1 Å².